The molecule has 0 unspecified atom stereocenters. The Morgan fingerprint density at radius 2 is 1.82 bits per heavy atom. The average molecular weight is 406 g/mol. The summed E-state index contributed by atoms with van der Waals surface area (Å²) in [6.45, 7) is 2.03. The van der Waals surface area contributed by atoms with Crippen molar-refractivity contribution in [1.29, 1.82) is 0 Å². The molecule has 0 aliphatic carbocycles. The van der Waals surface area contributed by atoms with Gasteiger partial charge in [0.2, 0.25) is 5.75 Å². The molecule has 1 aliphatic rings. The summed E-state index contributed by atoms with van der Waals surface area (Å²) in [4.78, 5) is 16.7. The van der Waals surface area contributed by atoms with Gasteiger partial charge >= 0.3 is 0 Å². The molecule has 2 heterocycles. The second kappa shape index (κ2) is 9.80. The molecule has 1 aromatic carbocycles. The van der Waals surface area contributed by atoms with Gasteiger partial charge < -0.3 is 23.8 Å². The number of benzene rings is 1. The Morgan fingerprint density at radius 1 is 1.14 bits per heavy atom. The van der Waals surface area contributed by atoms with Crippen molar-refractivity contribution < 1.29 is 23.7 Å². The van der Waals surface area contributed by atoms with Gasteiger partial charge in [0.05, 0.1) is 21.3 Å². The number of carbonyl (C=O) groups is 1. The first-order chi connectivity index (χ1) is 13.7. The quantitative estimate of drug-likeness (QED) is 0.671. The summed E-state index contributed by atoms with van der Waals surface area (Å²) in [7, 11) is 4.66. The molecule has 0 N–H and O–H groups in total. The highest BCUT2D eigenvalue weighted by molar-refractivity contribution is 7.09. The topological polar surface area (TPSA) is 57.2 Å². The SMILES string of the molecule is COc1cc(C(=O)N(CCc2cccs2)C2CCOCC2)cc(OC)c1OC. The number of ether oxygens (including phenoxy) is 4. The highest BCUT2D eigenvalue weighted by Gasteiger charge is 2.28. The first kappa shape index (κ1) is 20.5. The van der Waals surface area contributed by atoms with E-state index in [2.05, 4.69) is 11.4 Å². The van der Waals surface area contributed by atoms with Crippen molar-refractivity contribution in [3.8, 4) is 17.2 Å². The first-order valence-corrected chi connectivity index (χ1v) is 10.3. The van der Waals surface area contributed by atoms with Crippen molar-refractivity contribution >= 4 is 17.2 Å². The molecule has 1 saturated heterocycles. The minimum absolute atomic E-state index is 0.0253. The van der Waals surface area contributed by atoms with E-state index in [9.17, 15) is 4.79 Å². The Kier molecular flexibility index (Phi) is 7.17. The Morgan fingerprint density at radius 3 is 2.36 bits per heavy atom. The van der Waals surface area contributed by atoms with E-state index in [1.807, 2.05) is 11.0 Å². The molecule has 6 nitrogen and oxygen atoms in total. The van der Waals surface area contributed by atoms with Gasteiger partial charge in [-0.05, 0) is 42.8 Å². The van der Waals surface area contributed by atoms with Crippen LogP contribution in [-0.2, 0) is 11.2 Å². The molecule has 1 fully saturated rings. The maximum atomic E-state index is 13.5. The summed E-state index contributed by atoms with van der Waals surface area (Å²) in [6, 6.07) is 7.76. The molecule has 0 spiro atoms. The zero-order valence-corrected chi connectivity index (χ0v) is 17.4. The summed E-state index contributed by atoms with van der Waals surface area (Å²) in [5.74, 6) is 1.42. The van der Waals surface area contributed by atoms with Crippen LogP contribution in [0.2, 0.25) is 0 Å². The normalized spacial score (nSPS) is 14.5. The van der Waals surface area contributed by atoms with Crippen molar-refractivity contribution in [3.63, 3.8) is 0 Å². The van der Waals surface area contributed by atoms with Crippen LogP contribution in [0.25, 0.3) is 0 Å². The van der Waals surface area contributed by atoms with Gasteiger partial charge in [0.1, 0.15) is 0 Å². The number of carbonyl (C=O) groups excluding carboxylic acids is 1. The lowest BCUT2D eigenvalue weighted by Crippen LogP contribution is -2.44. The second-order valence-electron chi connectivity index (χ2n) is 6.59. The minimum atomic E-state index is -0.0253. The third-order valence-electron chi connectivity index (χ3n) is 4.98. The van der Waals surface area contributed by atoms with Crippen LogP contribution in [0, 0.1) is 0 Å². The number of hydrogen-bond acceptors (Lipinski definition) is 6. The van der Waals surface area contributed by atoms with Crippen LogP contribution >= 0.6 is 11.3 Å². The van der Waals surface area contributed by atoms with E-state index < -0.39 is 0 Å². The highest BCUT2D eigenvalue weighted by atomic mass is 32.1. The monoisotopic (exact) mass is 405 g/mol. The lowest BCUT2D eigenvalue weighted by molar-refractivity contribution is 0.0293. The number of rotatable bonds is 8. The van der Waals surface area contributed by atoms with Gasteiger partial charge in [-0.25, -0.2) is 0 Å². The molecule has 0 atom stereocenters. The Balaban J connectivity index is 1.88. The van der Waals surface area contributed by atoms with E-state index in [0.29, 0.717) is 42.6 Å². The minimum Gasteiger partial charge on any atom is -0.493 e. The van der Waals surface area contributed by atoms with Crippen LogP contribution < -0.4 is 14.2 Å². The van der Waals surface area contributed by atoms with Crippen molar-refractivity contribution in [2.75, 3.05) is 41.1 Å². The Hall–Kier alpha value is -2.25. The lowest BCUT2D eigenvalue weighted by atomic mass is 10.0. The van der Waals surface area contributed by atoms with Crippen molar-refractivity contribution in [1.82, 2.24) is 4.90 Å². The maximum absolute atomic E-state index is 13.5. The van der Waals surface area contributed by atoms with Crippen LogP contribution in [0.5, 0.6) is 17.2 Å². The van der Waals surface area contributed by atoms with E-state index in [-0.39, 0.29) is 11.9 Å². The van der Waals surface area contributed by atoms with Gasteiger partial charge in [-0.15, -0.1) is 11.3 Å². The lowest BCUT2D eigenvalue weighted by Gasteiger charge is -2.34. The third-order valence-corrected chi connectivity index (χ3v) is 5.92. The molecule has 0 radical (unpaired) electrons. The van der Waals surface area contributed by atoms with Crippen LogP contribution in [-0.4, -0.2) is 57.9 Å². The largest absolute Gasteiger partial charge is 0.493 e. The summed E-state index contributed by atoms with van der Waals surface area (Å²) in [5.41, 5.74) is 0.534. The number of hydrogen-bond donors (Lipinski definition) is 0. The predicted molar refractivity (Wildman–Crippen MR) is 109 cm³/mol. The zero-order chi connectivity index (χ0) is 19.9. The van der Waals surface area contributed by atoms with Crippen LogP contribution in [0.1, 0.15) is 28.1 Å². The Labute approximate surface area is 170 Å². The molecule has 7 heteroatoms. The zero-order valence-electron chi connectivity index (χ0n) is 16.6. The summed E-state index contributed by atoms with van der Waals surface area (Å²) in [6.07, 6.45) is 2.53. The average Bonchev–Trinajstić information content (AvgIpc) is 3.27. The van der Waals surface area contributed by atoms with Crippen molar-refractivity contribution in [3.05, 3.63) is 40.1 Å². The van der Waals surface area contributed by atoms with E-state index in [1.54, 1.807) is 44.8 Å². The van der Waals surface area contributed by atoms with E-state index in [0.717, 1.165) is 19.3 Å². The standard InChI is InChI=1S/C21H27NO5S/c1-24-18-13-15(14-19(25-2)20(18)26-3)21(23)22(16-7-10-27-11-8-16)9-6-17-5-4-12-28-17/h4-5,12-14,16H,6-11H2,1-3H3. The smallest absolute Gasteiger partial charge is 0.254 e. The molecular formula is C21H27NO5S. The summed E-state index contributed by atoms with van der Waals surface area (Å²) < 4.78 is 21.7. The van der Waals surface area contributed by atoms with Gasteiger partial charge in [-0.2, -0.15) is 0 Å². The van der Waals surface area contributed by atoms with Gasteiger partial charge in [0.15, 0.2) is 11.5 Å². The molecule has 152 valence electrons. The number of amides is 1. The summed E-state index contributed by atoms with van der Waals surface area (Å²) in [5, 5.41) is 2.06. The second-order valence-corrected chi connectivity index (χ2v) is 7.62. The van der Waals surface area contributed by atoms with Gasteiger partial charge in [-0.3, -0.25) is 4.79 Å². The fourth-order valence-electron chi connectivity index (χ4n) is 3.50. The van der Waals surface area contributed by atoms with Gasteiger partial charge in [0.25, 0.3) is 5.91 Å². The van der Waals surface area contributed by atoms with Crippen LogP contribution in [0.4, 0.5) is 0 Å². The Bertz CT molecular complexity index is 746. The highest BCUT2D eigenvalue weighted by Crippen LogP contribution is 2.38. The molecule has 1 aromatic heterocycles. The molecule has 1 aliphatic heterocycles. The predicted octanol–water partition coefficient (Wildman–Crippen LogP) is 3.64. The maximum Gasteiger partial charge on any atom is 0.254 e. The first-order valence-electron chi connectivity index (χ1n) is 9.39. The fourth-order valence-corrected chi connectivity index (χ4v) is 4.20. The molecular weight excluding hydrogens is 378 g/mol. The molecule has 3 rings (SSSR count). The van der Waals surface area contributed by atoms with Gasteiger partial charge in [-0.1, -0.05) is 6.07 Å². The molecule has 28 heavy (non-hydrogen) atoms. The van der Waals surface area contributed by atoms with E-state index >= 15 is 0 Å². The molecule has 2 aromatic rings. The molecule has 0 saturated carbocycles. The van der Waals surface area contributed by atoms with Crippen molar-refractivity contribution in [2.45, 2.75) is 25.3 Å². The van der Waals surface area contributed by atoms with E-state index in [4.69, 9.17) is 18.9 Å². The number of methoxy groups -OCH3 is 3. The third kappa shape index (κ3) is 4.59. The summed E-state index contributed by atoms with van der Waals surface area (Å²) >= 11 is 1.72. The molecule has 1 amide bonds. The van der Waals surface area contributed by atoms with Gasteiger partial charge in [0, 0.05) is 36.2 Å². The molecule has 0 bridgehead atoms. The fraction of sp³-hybridized carbons (Fsp3) is 0.476. The van der Waals surface area contributed by atoms with Crippen LogP contribution in [0.15, 0.2) is 29.6 Å². The number of nitrogens with zero attached hydrogens (tertiary/aromatic N) is 1. The van der Waals surface area contributed by atoms with E-state index in [1.165, 1.54) is 4.88 Å². The van der Waals surface area contributed by atoms with Crippen molar-refractivity contribution in [2.24, 2.45) is 0 Å². The number of thiophene rings is 1. The van der Waals surface area contributed by atoms with Crippen LogP contribution in [0.3, 0.4) is 0 Å².